The predicted octanol–water partition coefficient (Wildman–Crippen LogP) is 5.35. The van der Waals surface area contributed by atoms with Crippen molar-refractivity contribution in [2.45, 2.75) is 122 Å². The van der Waals surface area contributed by atoms with Crippen molar-refractivity contribution in [3.05, 3.63) is 0 Å². The van der Waals surface area contributed by atoms with Gasteiger partial charge in [0.2, 0.25) is 11.8 Å². The molecular formula is C24H46N2O4. The SMILES string of the molecule is CCCCCCCCCCCCCCCCCC(=O)NCCCC(=O)NCC(=O)O. The zero-order valence-electron chi connectivity index (χ0n) is 19.3. The molecule has 3 N–H and O–H groups in total. The molecule has 6 nitrogen and oxygen atoms in total. The van der Waals surface area contributed by atoms with Gasteiger partial charge in [0, 0.05) is 19.4 Å². The largest absolute Gasteiger partial charge is 0.480 e. The molecule has 0 fully saturated rings. The minimum absolute atomic E-state index is 0.0376. The summed E-state index contributed by atoms with van der Waals surface area (Å²) >= 11 is 0. The lowest BCUT2D eigenvalue weighted by atomic mass is 10.0. The molecular weight excluding hydrogens is 380 g/mol. The van der Waals surface area contributed by atoms with Gasteiger partial charge in [0.15, 0.2) is 0 Å². The molecule has 6 heteroatoms. The first-order valence-corrected chi connectivity index (χ1v) is 12.3. The topological polar surface area (TPSA) is 95.5 Å². The van der Waals surface area contributed by atoms with Gasteiger partial charge in [-0.05, 0) is 12.8 Å². The smallest absolute Gasteiger partial charge is 0.322 e. The molecule has 2 amide bonds. The van der Waals surface area contributed by atoms with Crippen LogP contribution < -0.4 is 10.6 Å². The molecule has 0 aromatic heterocycles. The van der Waals surface area contributed by atoms with E-state index in [0.29, 0.717) is 19.4 Å². The van der Waals surface area contributed by atoms with Gasteiger partial charge >= 0.3 is 5.97 Å². The van der Waals surface area contributed by atoms with E-state index in [4.69, 9.17) is 5.11 Å². The normalized spacial score (nSPS) is 10.7. The Balaban J connectivity index is 3.24. The molecule has 0 aromatic carbocycles. The first-order valence-electron chi connectivity index (χ1n) is 12.3. The van der Waals surface area contributed by atoms with Gasteiger partial charge in [0.25, 0.3) is 0 Å². The second kappa shape index (κ2) is 22.1. The number of aliphatic carboxylic acids is 1. The summed E-state index contributed by atoms with van der Waals surface area (Å²) in [6.07, 6.45) is 21.0. The van der Waals surface area contributed by atoms with Gasteiger partial charge in [0.05, 0.1) is 0 Å². The first kappa shape index (κ1) is 28.4. The summed E-state index contributed by atoms with van der Waals surface area (Å²) in [5.74, 6) is -1.31. The first-order chi connectivity index (χ1) is 14.6. The van der Waals surface area contributed by atoms with Crippen LogP contribution in [0.2, 0.25) is 0 Å². The lowest BCUT2D eigenvalue weighted by molar-refractivity contribution is -0.137. The van der Waals surface area contributed by atoms with E-state index in [0.717, 1.165) is 12.8 Å². The summed E-state index contributed by atoms with van der Waals surface area (Å²) in [4.78, 5) is 33.4. The van der Waals surface area contributed by atoms with Crippen molar-refractivity contribution < 1.29 is 19.5 Å². The Bertz CT molecular complexity index is 441. The highest BCUT2D eigenvalue weighted by Crippen LogP contribution is 2.13. The van der Waals surface area contributed by atoms with Crippen LogP contribution in [0.15, 0.2) is 0 Å². The van der Waals surface area contributed by atoms with E-state index in [-0.39, 0.29) is 24.8 Å². The van der Waals surface area contributed by atoms with Gasteiger partial charge in [-0.15, -0.1) is 0 Å². The number of carbonyl (C=O) groups excluding carboxylic acids is 2. The molecule has 0 rings (SSSR count). The van der Waals surface area contributed by atoms with E-state index in [1.165, 1.54) is 83.5 Å². The number of hydrogen-bond acceptors (Lipinski definition) is 3. The van der Waals surface area contributed by atoms with Crippen LogP contribution in [0.25, 0.3) is 0 Å². The highest BCUT2D eigenvalue weighted by atomic mass is 16.4. The van der Waals surface area contributed by atoms with Crippen LogP contribution in [0.1, 0.15) is 122 Å². The zero-order valence-corrected chi connectivity index (χ0v) is 19.3. The Labute approximate surface area is 184 Å². The number of hydrogen-bond donors (Lipinski definition) is 3. The maximum atomic E-state index is 11.7. The molecule has 0 radical (unpaired) electrons. The minimum atomic E-state index is -1.06. The second-order valence-corrected chi connectivity index (χ2v) is 8.32. The predicted molar refractivity (Wildman–Crippen MR) is 122 cm³/mol. The molecule has 176 valence electrons. The number of carboxylic acids is 1. The highest BCUT2D eigenvalue weighted by Gasteiger charge is 2.05. The van der Waals surface area contributed by atoms with Crippen LogP contribution in [0.4, 0.5) is 0 Å². The number of rotatable bonds is 22. The fraction of sp³-hybridized carbons (Fsp3) is 0.875. The molecule has 0 saturated heterocycles. The number of carboxylic acid groups (broad SMARTS) is 1. The summed E-state index contributed by atoms with van der Waals surface area (Å²) in [6, 6.07) is 0. The van der Waals surface area contributed by atoms with Crippen LogP contribution in [-0.2, 0) is 14.4 Å². The Morgan fingerprint density at radius 3 is 1.43 bits per heavy atom. The average Bonchev–Trinajstić information content (AvgIpc) is 2.72. The fourth-order valence-corrected chi connectivity index (χ4v) is 3.48. The molecule has 0 unspecified atom stereocenters. The lowest BCUT2D eigenvalue weighted by Crippen LogP contribution is -2.30. The van der Waals surface area contributed by atoms with Crippen molar-refractivity contribution in [1.82, 2.24) is 10.6 Å². The van der Waals surface area contributed by atoms with E-state index < -0.39 is 5.97 Å². The Morgan fingerprint density at radius 2 is 0.967 bits per heavy atom. The van der Waals surface area contributed by atoms with E-state index in [2.05, 4.69) is 17.6 Å². The van der Waals surface area contributed by atoms with Crippen LogP contribution >= 0.6 is 0 Å². The fourth-order valence-electron chi connectivity index (χ4n) is 3.48. The van der Waals surface area contributed by atoms with Gasteiger partial charge in [0.1, 0.15) is 6.54 Å². The zero-order chi connectivity index (χ0) is 22.3. The second-order valence-electron chi connectivity index (χ2n) is 8.32. The van der Waals surface area contributed by atoms with Crippen LogP contribution in [0, 0.1) is 0 Å². The van der Waals surface area contributed by atoms with E-state index >= 15 is 0 Å². The monoisotopic (exact) mass is 426 g/mol. The summed E-state index contributed by atoms with van der Waals surface area (Å²) in [5, 5.41) is 13.6. The van der Waals surface area contributed by atoms with Crippen LogP contribution in [0.5, 0.6) is 0 Å². The third-order valence-corrected chi connectivity index (χ3v) is 5.35. The van der Waals surface area contributed by atoms with Crippen molar-refractivity contribution in [3.8, 4) is 0 Å². The Kier molecular flexibility index (Phi) is 20.9. The van der Waals surface area contributed by atoms with E-state index in [1.807, 2.05) is 0 Å². The maximum absolute atomic E-state index is 11.7. The van der Waals surface area contributed by atoms with Crippen LogP contribution in [0.3, 0.4) is 0 Å². The standard InChI is InChI=1S/C24H46N2O4/c1-2-3-4-5-6-7-8-9-10-11-12-13-14-15-16-18-22(27)25-20-17-19-23(28)26-21-24(29)30/h2-21H2,1H3,(H,25,27)(H,26,28)(H,29,30). The summed E-state index contributed by atoms with van der Waals surface area (Å²) in [5.41, 5.74) is 0. The number of unbranched alkanes of at least 4 members (excludes halogenated alkanes) is 14. The molecule has 0 saturated carbocycles. The quantitative estimate of drug-likeness (QED) is 0.203. The third-order valence-electron chi connectivity index (χ3n) is 5.35. The molecule has 0 aliphatic heterocycles. The number of nitrogens with one attached hydrogen (secondary N) is 2. The van der Waals surface area contributed by atoms with Gasteiger partial charge in [-0.3, -0.25) is 14.4 Å². The van der Waals surface area contributed by atoms with Crippen molar-refractivity contribution in [2.24, 2.45) is 0 Å². The highest BCUT2D eigenvalue weighted by molar-refractivity contribution is 5.81. The molecule has 0 heterocycles. The number of carbonyl (C=O) groups is 3. The molecule has 0 bridgehead atoms. The number of amides is 2. The summed E-state index contributed by atoms with van der Waals surface area (Å²) < 4.78 is 0. The van der Waals surface area contributed by atoms with E-state index in [1.54, 1.807) is 0 Å². The van der Waals surface area contributed by atoms with Gasteiger partial charge in [-0.1, -0.05) is 96.8 Å². The van der Waals surface area contributed by atoms with Crippen molar-refractivity contribution >= 4 is 17.8 Å². The van der Waals surface area contributed by atoms with Crippen molar-refractivity contribution in [1.29, 1.82) is 0 Å². The molecule has 0 aliphatic carbocycles. The van der Waals surface area contributed by atoms with Crippen molar-refractivity contribution in [3.63, 3.8) is 0 Å². The Morgan fingerprint density at radius 1 is 0.567 bits per heavy atom. The molecule has 30 heavy (non-hydrogen) atoms. The molecule has 0 aromatic rings. The average molecular weight is 427 g/mol. The van der Waals surface area contributed by atoms with Gasteiger partial charge in [-0.25, -0.2) is 0 Å². The van der Waals surface area contributed by atoms with Gasteiger partial charge < -0.3 is 15.7 Å². The lowest BCUT2D eigenvalue weighted by Gasteiger charge is -2.06. The molecule has 0 spiro atoms. The molecule has 0 aliphatic rings. The third kappa shape index (κ3) is 22.7. The van der Waals surface area contributed by atoms with E-state index in [9.17, 15) is 14.4 Å². The molecule has 0 atom stereocenters. The van der Waals surface area contributed by atoms with Crippen molar-refractivity contribution in [2.75, 3.05) is 13.1 Å². The minimum Gasteiger partial charge on any atom is -0.480 e. The summed E-state index contributed by atoms with van der Waals surface area (Å²) in [6.45, 7) is 2.36. The summed E-state index contributed by atoms with van der Waals surface area (Å²) in [7, 11) is 0. The van der Waals surface area contributed by atoms with Gasteiger partial charge in [-0.2, -0.15) is 0 Å². The maximum Gasteiger partial charge on any atom is 0.322 e. The Hall–Kier alpha value is -1.59. The van der Waals surface area contributed by atoms with Crippen LogP contribution in [-0.4, -0.2) is 36.0 Å².